The lowest BCUT2D eigenvalue weighted by atomic mass is 9.78. The molecule has 1 aromatic carbocycles. The van der Waals surface area contributed by atoms with Crippen molar-refractivity contribution in [2.75, 3.05) is 0 Å². The minimum Gasteiger partial charge on any atom is -0.481 e. The summed E-state index contributed by atoms with van der Waals surface area (Å²) >= 11 is 0. The summed E-state index contributed by atoms with van der Waals surface area (Å²) in [6.45, 7) is 0. The fraction of sp³-hybridized carbons (Fsp3) is 0.467. The van der Waals surface area contributed by atoms with Crippen molar-refractivity contribution >= 4 is 11.8 Å². The maximum absolute atomic E-state index is 13.0. The Bertz CT molecular complexity index is 484. The van der Waals surface area contributed by atoms with Crippen molar-refractivity contribution in [2.24, 2.45) is 11.8 Å². The van der Waals surface area contributed by atoms with Gasteiger partial charge in [0.05, 0.1) is 5.92 Å². The van der Waals surface area contributed by atoms with Gasteiger partial charge < -0.3 is 5.11 Å². The molecule has 2 rings (SSSR count). The van der Waals surface area contributed by atoms with E-state index in [-0.39, 0.29) is 17.6 Å². The number of carboxylic acid groups (broad SMARTS) is 1. The SMILES string of the molecule is O=C(CC1CCCC(C(=O)O)C1)c1cccc(F)c1. The van der Waals surface area contributed by atoms with Crippen LogP contribution in [0.4, 0.5) is 4.39 Å². The maximum Gasteiger partial charge on any atom is 0.306 e. The molecule has 19 heavy (non-hydrogen) atoms. The van der Waals surface area contributed by atoms with Crippen LogP contribution < -0.4 is 0 Å². The first kappa shape index (κ1) is 13.7. The van der Waals surface area contributed by atoms with Crippen molar-refractivity contribution in [3.63, 3.8) is 0 Å². The quantitative estimate of drug-likeness (QED) is 0.849. The van der Waals surface area contributed by atoms with E-state index in [1.54, 1.807) is 6.07 Å². The number of ketones is 1. The number of carbonyl (C=O) groups is 2. The van der Waals surface area contributed by atoms with Crippen molar-refractivity contribution in [1.82, 2.24) is 0 Å². The highest BCUT2D eigenvalue weighted by Crippen LogP contribution is 2.32. The molecule has 3 nitrogen and oxygen atoms in total. The molecule has 4 heteroatoms. The van der Waals surface area contributed by atoms with Gasteiger partial charge in [-0.15, -0.1) is 0 Å². The molecule has 2 unspecified atom stereocenters. The first-order valence-corrected chi connectivity index (χ1v) is 6.58. The molecule has 0 saturated heterocycles. The molecule has 0 spiro atoms. The Kier molecular flexibility index (Phi) is 4.30. The highest BCUT2D eigenvalue weighted by Gasteiger charge is 2.28. The minimum atomic E-state index is -0.775. The Morgan fingerprint density at radius 2 is 2.11 bits per heavy atom. The second kappa shape index (κ2) is 5.95. The number of hydrogen-bond donors (Lipinski definition) is 1. The van der Waals surface area contributed by atoms with Crippen LogP contribution in [0.3, 0.4) is 0 Å². The Labute approximate surface area is 111 Å². The fourth-order valence-corrected chi connectivity index (χ4v) is 2.74. The van der Waals surface area contributed by atoms with E-state index in [0.29, 0.717) is 24.8 Å². The van der Waals surface area contributed by atoms with Crippen LogP contribution in [0.1, 0.15) is 42.5 Å². The molecule has 1 aliphatic carbocycles. The van der Waals surface area contributed by atoms with E-state index < -0.39 is 11.8 Å². The minimum absolute atomic E-state index is 0.101. The molecule has 102 valence electrons. The molecule has 1 fully saturated rings. The number of halogens is 1. The zero-order valence-corrected chi connectivity index (χ0v) is 10.6. The van der Waals surface area contributed by atoms with Crippen molar-refractivity contribution in [1.29, 1.82) is 0 Å². The molecule has 1 aliphatic rings. The summed E-state index contributed by atoms with van der Waals surface area (Å²) < 4.78 is 13.0. The van der Waals surface area contributed by atoms with Crippen LogP contribution in [-0.2, 0) is 4.79 Å². The molecule has 0 aliphatic heterocycles. The second-order valence-electron chi connectivity index (χ2n) is 5.21. The van der Waals surface area contributed by atoms with E-state index in [4.69, 9.17) is 5.11 Å². The van der Waals surface area contributed by atoms with Crippen LogP contribution in [0, 0.1) is 17.7 Å². The predicted molar refractivity (Wildman–Crippen MR) is 68.4 cm³/mol. The number of hydrogen-bond acceptors (Lipinski definition) is 2. The van der Waals surface area contributed by atoms with E-state index in [9.17, 15) is 14.0 Å². The number of Topliss-reactive ketones (excluding diaryl/α,β-unsaturated/α-hetero) is 1. The molecule has 0 amide bonds. The van der Waals surface area contributed by atoms with E-state index in [1.807, 2.05) is 0 Å². The monoisotopic (exact) mass is 264 g/mol. The van der Waals surface area contributed by atoms with Gasteiger partial charge in [-0.25, -0.2) is 4.39 Å². The highest BCUT2D eigenvalue weighted by atomic mass is 19.1. The number of carbonyl (C=O) groups excluding carboxylic acids is 1. The summed E-state index contributed by atoms with van der Waals surface area (Å²) in [6.07, 6.45) is 3.28. The molecule has 1 saturated carbocycles. The zero-order valence-electron chi connectivity index (χ0n) is 10.6. The molecule has 1 N–H and O–H groups in total. The average molecular weight is 264 g/mol. The maximum atomic E-state index is 13.0. The van der Waals surface area contributed by atoms with Crippen molar-refractivity contribution in [3.05, 3.63) is 35.6 Å². The standard InChI is InChI=1S/C15H17FO3/c16-13-6-2-4-11(9-13)14(17)8-10-3-1-5-12(7-10)15(18)19/h2,4,6,9-10,12H,1,3,5,7-8H2,(H,18,19). The van der Waals surface area contributed by atoms with Gasteiger partial charge in [0.1, 0.15) is 5.82 Å². The lowest BCUT2D eigenvalue weighted by Crippen LogP contribution is -2.24. The summed E-state index contributed by atoms with van der Waals surface area (Å²) in [6, 6.07) is 5.66. The number of carboxylic acids is 1. The van der Waals surface area contributed by atoms with Gasteiger partial charge in [0, 0.05) is 12.0 Å². The molecule has 0 radical (unpaired) electrons. The summed E-state index contributed by atoms with van der Waals surface area (Å²) in [5.74, 6) is -1.53. The second-order valence-corrected chi connectivity index (χ2v) is 5.21. The smallest absolute Gasteiger partial charge is 0.306 e. The van der Waals surface area contributed by atoms with Crippen molar-refractivity contribution in [3.8, 4) is 0 Å². The topological polar surface area (TPSA) is 54.4 Å². The Morgan fingerprint density at radius 3 is 2.79 bits per heavy atom. The van der Waals surface area contributed by atoms with Crippen LogP contribution in [0.2, 0.25) is 0 Å². The van der Waals surface area contributed by atoms with Gasteiger partial charge in [-0.1, -0.05) is 18.6 Å². The third kappa shape index (κ3) is 3.63. The lowest BCUT2D eigenvalue weighted by Gasteiger charge is -2.26. The number of rotatable bonds is 4. The largest absolute Gasteiger partial charge is 0.481 e. The Hall–Kier alpha value is -1.71. The normalized spacial score (nSPS) is 23.0. The number of aliphatic carboxylic acids is 1. The van der Waals surface area contributed by atoms with Gasteiger partial charge in [0.25, 0.3) is 0 Å². The highest BCUT2D eigenvalue weighted by molar-refractivity contribution is 5.96. The molecular formula is C15H17FO3. The summed E-state index contributed by atoms with van der Waals surface area (Å²) in [5, 5.41) is 9.01. The van der Waals surface area contributed by atoms with E-state index in [0.717, 1.165) is 12.8 Å². The molecule has 0 aromatic heterocycles. The lowest BCUT2D eigenvalue weighted by molar-refractivity contribution is -0.143. The van der Waals surface area contributed by atoms with E-state index in [1.165, 1.54) is 18.2 Å². The third-order valence-corrected chi connectivity index (χ3v) is 3.75. The Balaban J connectivity index is 1.97. The first-order valence-electron chi connectivity index (χ1n) is 6.58. The van der Waals surface area contributed by atoms with Crippen LogP contribution in [0.25, 0.3) is 0 Å². The first-order chi connectivity index (χ1) is 9.06. The fourth-order valence-electron chi connectivity index (χ4n) is 2.74. The van der Waals surface area contributed by atoms with Crippen LogP contribution in [-0.4, -0.2) is 16.9 Å². The molecule has 0 bridgehead atoms. The van der Waals surface area contributed by atoms with Gasteiger partial charge in [-0.2, -0.15) is 0 Å². The van der Waals surface area contributed by atoms with Gasteiger partial charge in [0.2, 0.25) is 0 Å². The molecule has 1 aromatic rings. The third-order valence-electron chi connectivity index (χ3n) is 3.75. The van der Waals surface area contributed by atoms with Gasteiger partial charge in [0.15, 0.2) is 5.78 Å². The van der Waals surface area contributed by atoms with Gasteiger partial charge in [-0.05, 0) is 37.3 Å². The summed E-state index contributed by atoms with van der Waals surface area (Å²) in [5.41, 5.74) is 0.373. The van der Waals surface area contributed by atoms with Crippen molar-refractivity contribution in [2.45, 2.75) is 32.1 Å². The molecule has 0 heterocycles. The number of benzene rings is 1. The molecular weight excluding hydrogens is 247 g/mol. The van der Waals surface area contributed by atoms with Crippen LogP contribution in [0.5, 0.6) is 0 Å². The zero-order chi connectivity index (χ0) is 13.8. The van der Waals surface area contributed by atoms with Gasteiger partial charge in [-0.3, -0.25) is 9.59 Å². The van der Waals surface area contributed by atoms with Crippen molar-refractivity contribution < 1.29 is 19.1 Å². The van der Waals surface area contributed by atoms with E-state index in [2.05, 4.69) is 0 Å². The summed E-state index contributed by atoms with van der Waals surface area (Å²) in [4.78, 5) is 23.0. The van der Waals surface area contributed by atoms with Crippen LogP contribution >= 0.6 is 0 Å². The Morgan fingerprint density at radius 1 is 1.32 bits per heavy atom. The van der Waals surface area contributed by atoms with Crippen LogP contribution in [0.15, 0.2) is 24.3 Å². The van der Waals surface area contributed by atoms with E-state index >= 15 is 0 Å². The van der Waals surface area contributed by atoms with Gasteiger partial charge >= 0.3 is 5.97 Å². The predicted octanol–water partition coefficient (Wildman–Crippen LogP) is 3.29. The summed E-state index contributed by atoms with van der Waals surface area (Å²) in [7, 11) is 0. The molecule has 2 atom stereocenters. The average Bonchev–Trinajstić information content (AvgIpc) is 2.39.